The van der Waals surface area contributed by atoms with Crippen molar-refractivity contribution in [1.82, 2.24) is 15.0 Å². The van der Waals surface area contributed by atoms with Gasteiger partial charge in [-0.15, -0.1) is 0 Å². The fourth-order valence-electron chi connectivity index (χ4n) is 6.13. The molecule has 0 aliphatic heterocycles. The number of fused-ring (bicyclic) bond motifs is 2. The van der Waals surface area contributed by atoms with Crippen molar-refractivity contribution in [3.8, 4) is 56.2 Å². The molecule has 3 nitrogen and oxygen atoms in total. The van der Waals surface area contributed by atoms with Gasteiger partial charge in [-0.3, -0.25) is 0 Å². The van der Waals surface area contributed by atoms with Gasteiger partial charge in [0.1, 0.15) is 0 Å². The standard InChI is InChI=1S/C41H26ClN3/c42-41-44-39(30-22-20-29(21-23-30)34-19-9-13-28-12-4-5-16-33(28)34)43-40(45-41)32-15-8-14-31(26-32)36-25-24-35(27-10-2-1-3-11-27)37-17-6-7-18-38(36)37/h1-26H. The van der Waals surface area contributed by atoms with Gasteiger partial charge in [-0.25, -0.2) is 4.98 Å². The van der Waals surface area contributed by atoms with Crippen molar-refractivity contribution >= 4 is 33.1 Å². The van der Waals surface area contributed by atoms with Gasteiger partial charge in [0.25, 0.3) is 0 Å². The summed E-state index contributed by atoms with van der Waals surface area (Å²) in [6, 6.07) is 54.9. The molecule has 0 aliphatic rings. The molecular weight excluding hydrogens is 570 g/mol. The van der Waals surface area contributed by atoms with E-state index in [1.165, 1.54) is 38.2 Å². The van der Waals surface area contributed by atoms with Crippen molar-refractivity contribution in [1.29, 1.82) is 0 Å². The van der Waals surface area contributed by atoms with Gasteiger partial charge in [-0.1, -0.05) is 152 Å². The SMILES string of the molecule is Clc1nc(-c2ccc(-c3cccc4ccccc34)cc2)nc(-c2cccc(-c3ccc(-c4ccccc4)c4ccccc34)c2)n1. The molecule has 1 heterocycles. The molecule has 0 saturated carbocycles. The van der Waals surface area contributed by atoms with Crippen LogP contribution < -0.4 is 0 Å². The highest BCUT2D eigenvalue weighted by molar-refractivity contribution is 6.28. The molecule has 0 saturated heterocycles. The molecule has 0 radical (unpaired) electrons. The first-order chi connectivity index (χ1) is 22.2. The molecule has 0 amide bonds. The Morgan fingerprint density at radius 2 is 0.822 bits per heavy atom. The Bertz CT molecular complexity index is 2320. The van der Waals surface area contributed by atoms with Gasteiger partial charge in [0, 0.05) is 11.1 Å². The lowest BCUT2D eigenvalue weighted by molar-refractivity contribution is 1.07. The Labute approximate surface area is 266 Å². The fraction of sp³-hybridized carbons (Fsp3) is 0. The summed E-state index contributed by atoms with van der Waals surface area (Å²) in [5, 5.41) is 5.01. The molecule has 7 aromatic carbocycles. The van der Waals surface area contributed by atoms with Crippen LogP contribution >= 0.6 is 11.6 Å². The zero-order valence-electron chi connectivity index (χ0n) is 24.2. The molecule has 0 unspecified atom stereocenters. The van der Waals surface area contributed by atoms with Crippen molar-refractivity contribution in [2.24, 2.45) is 0 Å². The first-order valence-electron chi connectivity index (χ1n) is 14.9. The normalized spacial score (nSPS) is 11.2. The molecule has 0 atom stereocenters. The first-order valence-corrected chi connectivity index (χ1v) is 15.3. The van der Waals surface area contributed by atoms with Crippen LogP contribution in [0.2, 0.25) is 5.28 Å². The van der Waals surface area contributed by atoms with E-state index >= 15 is 0 Å². The monoisotopic (exact) mass is 595 g/mol. The van der Waals surface area contributed by atoms with Crippen LogP contribution in [0.5, 0.6) is 0 Å². The smallest absolute Gasteiger partial charge is 0.208 e. The van der Waals surface area contributed by atoms with Crippen molar-refractivity contribution in [3.05, 3.63) is 163 Å². The van der Waals surface area contributed by atoms with E-state index in [0.717, 1.165) is 27.8 Å². The molecule has 45 heavy (non-hydrogen) atoms. The minimum atomic E-state index is 0.163. The van der Waals surface area contributed by atoms with Crippen molar-refractivity contribution in [2.45, 2.75) is 0 Å². The predicted octanol–water partition coefficient (Wildman–Crippen LogP) is 11.2. The van der Waals surface area contributed by atoms with Crippen LogP contribution in [0.1, 0.15) is 0 Å². The average Bonchev–Trinajstić information content (AvgIpc) is 3.11. The number of benzene rings is 7. The number of rotatable bonds is 5. The Kier molecular flexibility index (Phi) is 6.86. The summed E-state index contributed by atoms with van der Waals surface area (Å²) in [6.07, 6.45) is 0. The molecule has 212 valence electrons. The second kappa shape index (κ2) is 11.5. The van der Waals surface area contributed by atoms with Crippen LogP contribution in [-0.4, -0.2) is 15.0 Å². The van der Waals surface area contributed by atoms with Crippen LogP contribution in [0.15, 0.2) is 158 Å². The van der Waals surface area contributed by atoms with Gasteiger partial charge < -0.3 is 0 Å². The minimum absolute atomic E-state index is 0.163. The third kappa shape index (κ3) is 5.14. The minimum Gasteiger partial charge on any atom is -0.208 e. The molecule has 0 N–H and O–H groups in total. The summed E-state index contributed by atoms with van der Waals surface area (Å²) in [5.41, 5.74) is 8.73. The van der Waals surface area contributed by atoms with Crippen LogP contribution in [0.25, 0.3) is 77.7 Å². The first kappa shape index (κ1) is 26.9. The lowest BCUT2D eigenvalue weighted by atomic mass is 9.91. The quantitative estimate of drug-likeness (QED) is 0.199. The Morgan fingerprint density at radius 1 is 0.333 bits per heavy atom. The number of halogens is 1. The molecule has 0 bridgehead atoms. The molecule has 0 spiro atoms. The third-order valence-corrected chi connectivity index (χ3v) is 8.46. The van der Waals surface area contributed by atoms with E-state index in [2.05, 4.69) is 137 Å². The van der Waals surface area contributed by atoms with E-state index in [-0.39, 0.29) is 5.28 Å². The van der Waals surface area contributed by atoms with E-state index in [1.807, 2.05) is 30.3 Å². The summed E-state index contributed by atoms with van der Waals surface area (Å²) >= 11 is 6.49. The maximum atomic E-state index is 6.49. The number of nitrogens with zero attached hydrogens (tertiary/aromatic N) is 3. The average molecular weight is 596 g/mol. The number of aromatic nitrogens is 3. The van der Waals surface area contributed by atoms with Crippen molar-refractivity contribution < 1.29 is 0 Å². The highest BCUT2D eigenvalue weighted by Crippen LogP contribution is 2.37. The van der Waals surface area contributed by atoms with Crippen LogP contribution in [0.4, 0.5) is 0 Å². The Hall–Kier alpha value is -5.64. The van der Waals surface area contributed by atoms with E-state index in [4.69, 9.17) is 16.6 Å². The van der Waals surface area contributed by atoms with Gasteiger partial charge >= 0.3 is 0 Å². The van der Waals surface area contributed by atoms with E-state index in [0.29, 0.717) is 11.6 Å². The molecule has 1 aromatic heterocycles. The second-order valence-corrected chi connectivity index (χ2v) is 11.3. The second-order valence-electron chi connectivity index (χ2n) is 11.0. The van der Waals surface area contributed by atoms with Gasteiger partial charge in [-0.2, -0.15) is 9.97 Å². The maximum absolute atomic E-state index is 6.49. The van der Waals surface area contributed by atoms with Gasteiger partial charge in [-0.05, 0) is 72.6 Å². The van der Waals surface area contributed by atoms with E-state index in [9.17, 15) is 0 Å². The molecule has 4 heteroatoms. The molecular formula is C41H26ClN3. The maximum Gasteiger partial charge on any atom is 0.226 e. The van der Waals surface area contributed by atoms with Gasteiger partial charge in [0.15, 0.2) is 11.6 Å². The third-order valence-electron chi connectivity index (χ3n) is 8.29. The molecule has 0 fully saturated rings. The number of hydrogen-bond acceptors (Lipinski definition) is 3. The summed E-state index contributed by atoms with van der Waals surface area (Å²) in [5.74, 6) is 1.08. The highest BCUT2D eigenvalue weighted by atomic mass is 35.5. The number of hydrogen-bond donors (Lipinski definition) is 0. The molecule has 8 aromatic rings. The predicted molar refractivity (Wildman–Crippen MR) is 187 cm³/mol. The van der Waals surface area contributed by atoms with Crippen molar-refractivity contribution in [2.75, 3.05) is 0 Å². The van der Waals surface area contributed by atoms with Crippen LogP contribution in [0.3, 0.4) is 0 Å². The Morgan fingerprint density at radius 3 is 1.58 bits per heavy atom. The van der Waals surface area contributed by atoms with Crippen molar-refractivity contribution in [3.63, 3.8) is 0 Å². The zero-order valence-corrected chi connectivity index (χ0v) is 25.0. The van der Waals surface area contributed by atoms with E-state index in [1.54, 1.807) is 0 Å². The van der Waals surface area contributed by atoms with E-state index < -0.39 is 0 Å². The summed E-state index contributed by atoms with van der Waals surface area (Å²) < 4.78 is 0. The lowest BCUT2D eigenvalue weighted by Gasteiger charge is -2.13. The van der Waals surface area contributed by atoms with Gasteiger partial charge in [0.05, 0.1) is 0 Å². The fourth-order valence-corrected chi connectivity index (χ4v) is 6.29. The topological polar surface area (TPSA) is 38.7 Å². The summed E-state index contributed by atoms with van der Waals surface area (Å²) in [4.78, 5) is 13.9. The molecule has 8 rings (SSSR count). The summed E-state index contributed by atoms with van der Waals surface area (Å²) in [7, 11) is 0. The van der Waals surface area contributed by atoms with Crippen LogP contribution in [0, 0.1) is 0 Å². The Balaban J connectivity index is 1.16. The highest BCUT2D eigenvalue weighted by Gasteiger charge is 2.14. The molecule has 0 aliphatic carbocycles. The largest absolute Gasteiger partial charge is 0.226 e. The summed E-state index contributed by atoms with van der Waals surface area (Å²) in [6.45, 7) is 0. The zero-order chi connectivity index (χ0) is 30.2. The van der Waals surface area contributed by atoms with Gasteiger partial charge in [0.2, 0.25) is 5.28 Å². The lowest BCUT2D eigenvalue weighted by Crippen LogP contribution is -1.97. The van der Waals surface area contributed by atoms with Crippen LogP contribution in [-0.2, 0) is 0 Å².